The SMILES string of the molecule is CC(C)(C)OC(=O)[C@@H]1C(=O)C[C@@](C)(O)[C@H](C(=O)OC(C)(C)C)[C@@H]1c1cccc(F)c1. The summed E-state index contributed by atoms with van der Waals surface area (Å²) in [6, 6.07) is 5.33. The summed E-state index contributed by atoms with van der Waals surface area (Å²) in [6.45, 7) is 11.4. The quantitative estimate of drug-likeness (QED) is 0.592. The van der Waals surface area contributed by atoms with Gasteiger partial charge in [-0.15, -0.1) is 0 Å². The Balaban J connectivity index is 2.64. The topological polar surface area (TPSA) is 89.9 Å². The van der Waals surface area contributed by atoms with Gasteiger partial charge >= 0.3 is 11.9 Å². The predicted octanol–water partition coefficient (Wildman–Crippen LogP) is 3.55. The minimum absolute atomic E-state index is 0.245. The highest BCUT2D eigenvalue weighted by molar-refractivity contribution is 6.03. The number of benzene rings is 1. The van der Waals surface area contributed by atoms with Crippen LogP contribution in [0.15, 0.2) is 24.3 Å². The van der Waals surface area contributed by atoms with Crippen molar-refractivity contribution in [1.29, 1.82) is 0 Å². The van der Waals surface area contributed by atoms with Gasteiger partial charge in [-0.3, -0.25) is 14.4 Å². The van der Waals surface area contributed by atoms with Gasteiger partial charge in [0.15, 0.2) is 5.78 Å². The number of carbonyl (C=O) groups is 3. The van der Waals surface area contributed by atoms with E-state index in [1.165, 1.54) is 25.1 Å². The lowest BCUT2D eigenvalue weighted by Gasteiger charge is -2.44. The normalized spacial score (nSPS) is 27.5. The van der Waals surface area contributed by atoms with E-state index in [0.29, 0.717) is 0 Å². The molecule has 0 amide bonds. The first-order valence-electron chi connectivity index (χ1n) is 9.98. The van der Waals surface area contributed by atoms with Gasteiger partial charge in [-0.1, -0.05) is 12.1 Å². The van der Waals surface area contributed by atoms with Crippen molar-refractivity contribution in [3.05, 3.63) is 35.6 Å². The highest BCUT2D eigenvalue weighted by Crippen LogP contribution is 2.47. The molecule has 0 bridgehead atoms. The van der Waals surface area contributed by atoms with Crippen LogP contribution in [0.1, 0.15) is 66.4 Å². The summed E-state index contributed by atoms with van der Waals surface area (Å²) in [5.41, 5.74) is -3.27. The van der Waals surface area contributed by atoms with E-state index < -0.39 is 64.5 Å². The van der Waals surface area contributed by atoms with E-state index in [9.17, 15) is 23.9 Å². The minimum Gasteiger partial charge on any atom is -0.460 e. The Morgan fingerprint density at radius 2 is 1.60 bits per heavy atom. The van der Waals surface area contributed by atoms with Crippen LogP contribution in [0.25, 0.3) is 0 Å². The lowest BCUT2D eigenvalue weighted by Crippen LogP contribution is -2.56. The number of hydrogen-bond donors (Lipinski definition) is 1. The predicted molar refractivity (Wildman–Crippen MR) is 108 cm³/mol. The number of ketones is 1. The van der Waals surface area contributed by atoms with E-state index in [0.717, 1.165) is 6.07 Å². The van der Waals surface area contributed by atoms with E-state index in [1.54, 1.807) is 41.5 Å². The van der Waals surface area contributed by atoms with Crippen LogP contribution in [0.5, 0.6) is 0 Å². The summed E-state index contributed by atoms with van der Waals surface area (Å²) in [6.07, 6.45) is -0.424. The molecule has 0 spiro atoms. The van der Waals surface area contributed by atoms with Gasteiger partial charge in [0.05, 0.1) is 11.5 Å². The molecule has 30 heavy (non-hydrogen) atoms. The molecule has 1 aromatic carbocycles. The van der Waals surface area contributed by atoms with Crippen molar-refractivity contribution >= 4 is 17.7 Å². The molecule has 0 saturated heterocycles. The number of rotatable bonds is 3. The molecule has 1 fully saturated rings. The van der Waals surface area contributed by atoms with Crippen molar-refractivity contribution in [3.8, 4) is 0 Å². The molecule has 0 radical (unpaired) electrons. The maximum atomic E-state index is 14.0. The van der Waals surface area contributed by atoms with Crippen molar-refractivity contribution in [2.75, 3.05) is 0 Å². The molecule has 1 aliphatic carbocycles. The summed E-state index contributed by atoms with van der Waals surface area (Å²) in [7, 11) is 0. The fraction of sp³-hybridized carbons (Fsp3) is 0.609. The summed E-state index contributed by atoms with van der Waals surface area (Å²) in [5.74, 6) is -6.51. The number of Topliss-reactive ketones (excluding diaryl/α,β-unsaturated/α-hetero) is 1. The summed E-state index contributed by atoms with van der Waals surface area (Å²) >= 11 is 0. The Kier molecular flexibility index (Phi) is 6.48. The molecular formula is C23H31FO6. The van der Waals surface area contributed by atoms with Crippen molar-refractivity contribution in [2.45, 2.75) is 77.6 Å². The van der Waals surface area contributed by atoms with E-state index in [-0.39, 0.29) is 5.56 Å². The number of hydrogen-bond acceptors (Lipinski definition) is 6. The third-order valence-corrected chi connectivity index (χ3v) is 4.82. The fourth-order valence-corrected chi connectivity index (χ4v) is 3.86. The van der Waals surface area contributed by atoms with Crippen LogP contribution in [0.3, 0.4) is 0 Å². The Labute approximate surface area is 176 Å². The van der Waals surface area contributed by atoms with Crippen LogP contribution in [-0.2, 0) is 23.9 Å². The summed E-state index contributed by atoms with van der Waals surface area (Å²) in [4.78, 5) is 39.1. The molecule has 6 nitrogen and oxygen atoms in total. The molecule has 1 aliphatic rings. The molecule has 7 heteroatoms. The molecule has 4 atom stereocenters. The van der Waals surface area contributed by atoms with Crippen molar-refractivity contribution in [2.24, 2.45) is 11.8 Å². The van der Waals surface area contributed by atoms with Gasteiger partial charge in [0.2, 0.25) is 0 Å². The van der Waals surface area contributed by atoms with Crippen molar-refractivity contribution in [3.63, 3.8) is 0 Å². The third kappa shape index (κ3) is 5.65. The highest BCUT2D eigenvalue weighted by Gasteiger charge is 2.57. The van der Waals surface area contributed by atoms with Gasteiger partial charge in [0.1, 0.15) is 22.9 Å². The molecular weight excluding hydrogens is 391 g/mol. The van der Waals surface area contributed by atoms with Crippen LogP contribution in [0.4, 0.5) is 4.39 Å². The molecule has 1 N–H and O–H groups in total. The Hall–Kier alpha value is -2.28. The van der Waals surface area contributed by atoms with Gasteiger partial charge < -0.3 is 14.6 Å². The van der Waals surface area contributed by atoms with Crippen LogP contribution >= 0.6 is 0 Å². The molecule has 0 heterocycles. The molecule has 1 aromatic rings. The number of halogens is 1. The van der Waals surface area contributed by atoms with E-state index in [4.69, 9.17) is 9.47 Å². The van der Waals surface area contributed by atoms with Crippen molar-refractivity contribution < 1.29 is 33.4 Å². The van der Waals surface area contributed by atoms with Gasteiger partial charge in [-0.05, 0) is 66.2 Å². The van der Waals surface area contributed by atoms with Gasteiger partial charge in [-0.2, -0.15) is 0 Å². The van der Waals surface area contributed by atoms with Crippen LogP contribution < -0.4 is 0 Å². The molecule has 0 unspecified atom stereocenters. The first-order valence-corrected chi connectivity index (χ1v) is 9.98. The van der Waals surface area contributed by atoms with Crippen molar-refractivity contribution in [1.82, 2.24) is 0 Å². The van der Waals surface area contributed by atoms with E-state index in [1.807, 2.05) is 0 Å². The second-order valence-corrected chi connectivity index (χ2v) is 10.1. The number of esters is 2. The molecule has 2 rings (SSSR count). The molecule has 166 valence electrons. The zero-order valence-electron chi connectivity index (χ0n) is 18.6. The smallest absolute Gasteiger partial charge is 0.317 e. The number of ether oxygens (including phenoxy) is 2. The van der Waals surface area contributed by atoms with E-state index in [2.05, 4.69) is 0 Å². The maximum Gasteiger partial charge on any atom is 0.317 e. The average Bonchev–Trinajstić information content (AvgIpc) is 2.49. The Bertz CT molecular complexity index is 831. The first kappa shape index (κ1) is 24.0. The summed E-state index contributed by atoms with van der Waals surface area (Å²) < 4.78 is 25.0. The standard InChI is InChI=1S/C23H31FO6/c1-21(2,3)29-19(26)17-15(25)12-23(7,28)18(20(27)30-22(4,5)6)16(17)13-9-8-10-14(24)11-13/h8-11,16-18,28H,12H2,1-7H3/t16-,17-,18+,23-/m1/s1. The first-order chi connectivity index (χ1) is 13.5. The molecule has 0 aromatic heterocycles. The van der Waals surface area contributed by atoms with E-state index >= 15 is 0 Å². The Morgan fingerprint density at radius 3 is 2.10 bits per heavy atom. The maximum absolute atomic E-state index is 14.0. The van der Waals surface area contributed by atoms with Gasteiger partial charge in [0.25, 0.3) is 0 Å². The fourth-order valence-electron chi connectivity index (χ4n) is 3.86. The second-order valence-electron chi connectivity index (χ2n) is 10.1. The number of carbonyl (C=O) groups excluding carboxylic acids is 3. The largest absolute Gasteiger partial charge is 0.460 e. The average molecular weight is 422 g/mol. The van der Waals surface area contributed by atoms with Gasteiger partial charge in [-0.25, -0.2) is 4.39 Å². The van der Waals surface area contributed by atoms with Crippen LogP contribution in [0.2, 0.25) is 0 Å². The van der Waals surface area contributed by atoms with Gasteiger partial charge in [0, 0.05) is 12.3 Å². The van der Waals surface area contributed by atoms with Crippen LogP contribution in [0, 0.1) is 17.7 Å². The summed E-state index contributed by atoms with van der Waals surface area (Å²) in [5, 5.41) is 11.0. The minimum atomic E-state index is -1.78. The lowest BCUT2D eigenvalue weighted by molar-refractivity contribution is -0.182. The zero-order chi connectivity index (χ0) is 23.1. The second kappa shape index (κ2) is 8.10. The zero-order valence-corrected chi connectivity index (χ0v) is 18.6. The molecule has 1 saturated carbocycles. The monoisotopic (exact) mass is 422 g/mol. The number of aliphatic hydroxyl groups is 1. The highest BCUT2D eigenvalue weighted by atomic mass is 19.1. The third-order valence-electron chi connectivity index (χ3n) is 4.82. The lowest BCUT2D eigenvalue weighted by atomic mass is 9.61. The van der Waals surface area contributed by atoms with Crippen LogP contribution in [-0.4, -0.2) is 39.6 Å². The Morgan fingerprint density at radius 1 is 1.07 bits per heavy atom. The molecule has 0 aliphatic heterocycles.